The standard InChI is InChI=1S/C18H22N2O/c1-4-15(12-16(5-1)18-7-3-11-21-18)13-19-9-10-20-8-2-6-17(20)14-19/h1,3-5,7,11-12,17H,2,6,8-10,13-14H2/t17-/m0/s1. The van der Waals surface area contributed by atoms with Crippen LogP contribution in [0.2, 0.25) is 0 Å². The largest absolute Gasteiger partial charge is 0.464 e. The molecule has 0 N–H and O–H groups in total. The van der Waals surface area contributed by atoms with Gasteiger partial charge in [0.2, 0.25) is 0 Å². The fraction of sp³-hybridized carbons (Fsp3) is 0.444. The van der Waals surface area contributed by atoms with Crippen LogP contribution in [0.15, 0.2) is 47.1 Å². The monoisotopic (exact) mass is 282 g/mol. The van der Waals surface area contributed by atoms with Crippen molar-refractivity contribution in [2.45, 2.75) is 25.4 Å². The van der Waals surface area contributed by atoms with Crippen LogP contribution in [0.25, 0.3) is 11.3 Å². The third-order valence-electron chi connectivity index (χ3n) is 4.81. The molecule has 3 heterocycles. The summed E-state index contributed by atoms with van der Waals surface area (Å²) in [5.41, 5.74) is 2.56. The van der Waals surface area contributed by atoms with E-state index in [1.807, 2.05) is 12.1 Å². The summed E-state index contributed by atoms with van der Waals surface area (Å²) in [6, 6.07) is 13.5. The minimum atomic E-state index is 0.798. The molecular formula is C18H22N2O. The highest BCUT2D eigenvalue weighted by Gasteiger charge is 2.30. The molecule has 110 valence electrons. The molecule has 0 saturated carbocycles. The SMILES string of the molecule is c1cc(CN2CCN3CCC[C@H]3C2)cc(-c2ccco2)c1. The second kappa shape index (κ2) is 5.66. The first-order chi connectivity index (χ1) is 10.4. The first-order valence-electron chi connectivity index (χ1n) is 7.98. The lowest BCUT2D eigenvalue weighted by molar-refractivity contribution is 0.0994. The van der Waals surface area contributed by atoms with Gasteiger partial charge in [0, 0.05) is 37.8 Å². The molecule has 2 aliphatic heterocycles. The van der Waals surface area contributed by atoms with Crippen LogP contribution in [0.3, 0.4) is 0 Å². The van der Waals surface area contributed by atoms with Crippen LogP contribution in [0.1, 0.15) is 18.4 Å². The Hall–Kier alpha value is -1.58. The van der Waals surface area contributed by atoms with Crippen LogP contribution in [0, 0.1) is 0 Å². The zero-order valence-corrected chi connectivity index (χ0v) is 12.4. The Morgan fingerprint density at radius 3 is 3.00 bits per heavy atom. The molecule has 3 nitrogen and oxygen atoms in total. The molecule has 2 fully saturated rings. The quantitative estimate of drug-likeness (QED) is 0.862. The molecule has 2 saturated heterocycles. The van der Waals surface area contributed by atoms with Crippen LogP contribution in [0.4, 0.5) is 0 Å². The molecule has 2 aliphatic rings. The number of hydrogen-bond donors (Lipinski definition) is 0. The maximum absolute atomic E-state index is 5.50. The van der Waals surface area contributed by atoms with E-state index in [0.29, 0.717) is 0 Å². The van der Waals surface area contributed by atoms with Gasteiger partial charge in [-0.2, -0.15) is 0 Å². The predicted molar refractivity (Wildman–Crippen MR) is 84.0 cm³/mol. The Morgan fingerprint density at radius 2 is 2.10 bits per heavy atom. The number of furan rings is 1. The lowest BCUT2D eigenvalue weighted by atomic mass is 10.1. The van der Waals surface area contributed by atoms with Gasteiger partial charge in [0.25, 0.3) is 0 Å². The van der Waals surface area contributed by atoms with E-state index in [-0.39, 0.29) is 0 Å². The van der Waals surface area contributed by atoms with Crippen molar-refractivity contribution in [3.63, 3.8) is 0 Å². The molecule has 0 aliphatic carbocycles. The average Bonchev–Trinajstić information content (AvgIpc) is 3.18. The van der Waals surface area contributed by atoms with E-state index in [4.69, 9.17) is 4.42 Å². The highest BCUT2D eigenvalue weighted by molar-refractivity contribution is 5.58. The van der Waals surface area contributed by atoms with Gasteiger partial charge in [-0.15, -0.1) is 0 Å². The third-order valence-corrected chi connectivity index (χ3v) is 4.81. The molecule has 2 aromatic rings. The summed E-state index contributed by atoms with van der Waals surface area (Å²) in [7, 11) is 0. The van der Waals surface area contributed by atoms with E-state index >= 15 is 0 Å². The Kier molecular flexibility index (Phi) is 3.53. The minimum Gasteiger partial charge on any atom is -0.464 e. The summed E-state index contributed by atoms with van der Waals surface area (Å²) in [5, 5.41) is 0. The zero-order valence-electron chi connectivity index (χ0n) is 12.4. The van der Waals surface area contributed by atoms with Crippen molar-refractivity contribution < 1.29 is 4.42 Å². The summed E-state index contributed by atoms with van der Waals surface area (Å²) < 4.78 is 5.50. The van der Waals surface area contributed by atoms with Crippen molar-refractivity contribution in [1.29, 1.82) is 0 Å². The number of rotatable bonds is 3. The maximum atomic E-state index is 5.50. The summed E-state index contributed by atoms with van der Waals surface area (Å²) in [6.07, 6.45) is 4.50. The molecular weight excluding hydrogens is 260 g/mol. The van der Waals surface area contributed by atoms with Crippen molar-refractivity contribution in [3.8, 4) is 11.3 Å². The van der Waals surface area contributed by atoms with E-state index in [1.165, 1.54) is 50.1 Å². The van der Waals surface area contributed by atoms with Gasteiger partial charge >= 0.3 is 0 Å². The minimum absolute atomic E-state index is 0.798. The highest BCUT2D eigenvalue weighted by atomic mass is 16.3. The Labute approximate surface area is 126 Å². The van der Waals surface area contributed by atoms with Crippen LogP contribution in [-0.2, 0) is 6.54 Å². The van der Waals surface area contributed by atoms with Crippen molar-refractivity contribution in [2.24, 2.45) is 0 Å². The number of piperazine rings is 1. The van der Waals surface area contributed by atoms with Crippen molar-refractivity contribution >= 4 is 0 Å². The molecule has 4 rings (SSSR count). The van der Waals surface area contributed by atoms with Gasteiger partial charge in [-0.1, -0.05) is 18.2 Å². The first kappa shape index (κ1) is 13.1. The molecule has 3 heteroatoms. The van der Waals surface area contributed by atoms with Crippen molar-refractivity contribution in [2.75, 3.05) is 26.2 Å². The molecule has 1 aromatic carbocycles. The van der Waals surface area contributed by atoms with Crippen molar-refractivity contribution in [1.82, 2.24) is 9.80 Å². The van der Waals surface area contributed by atoms with Gasteiger partial charge in [-0.25, -0.2) is 0 Å². The fourth-order valence-electron chi connectivity index (χ4n) is 3.72. The zero-order chi connectivity index (χ0) is 14.1. The normalized spacial score (nSPS) is 23.3. The second-order valence-electron chi connectivity index (χ2n) is 6.24. The van der Waals surface area contributed by atoms with Crippen LogP contribution >= 0.6 is 0 Å². The molecule has 0 amide bonds. The third kappa shape index (κ3) is 2.76. The highest BCUT2D eigenvalue weighted by Crippen LogP contribution is 2.24. The smallest absolute Gasteiger partial charge is 0.133 e. The van der Waals surface area contributed by atoms with Gasteiger partial charge in [-0.05, 0) is 43.1 Å². The lowest BCUT2D eigenvalue weighted by Gasteiger charge is -2.37. The Balaban J connectivity index is 1.46. The molecule has 21 heavy (non-hydrogen) atoms. The topological polar surface area (TPSA) is 19.6 Å². The van der Waals surface area contributed by atoms with Crippen LogP contribution in [0.5, 0.6) is 0 Å². The molecule has 1 atom stereocenters. The van der Waals surface area contributed by atoms with Gasteiger partial charge in [-0.3, -0.25) is 9.80 Å². The average molecular weight is 282 g/mol. The summed E-state index contributed by atoms with van der Waals surface area (Å²) in [5.74, 6) is 0.956. The fourth-order valence-corrected chi connectivity index (χ4v) is 3.72. The van der Waals surface area contributed by atoms with E-state index in [2.05, 4.69) is 34.1 Å². The summed E-state index contributed by atoms with van der Waals surface area (Å²) in [6.45, 7) is 6.03. The lowest BCUT2D eigenvalue weighted by Crippen LogP contribution is -2.49. The number of hydrogen-bond acceptors (Lipinski definition) is 3. The second-order valence-corrected chi connectivity index (χ2v) is 6.24. The predicted octanol–water partition coefficient (Wildman–Crippen LogP) is 3.23. The first-order valence-corrected chi connectivity index (χ1v) is 7.98. The molecule has 0 spiro atoms. The van der Waals surface area contributed by atoms with Gasteiger partial charge in [0.05, 0.1) is 6.26 Å². The van der Waals surface area contributed by atoms with Crippen LogP contribution in [-0.4, -0.2) is 42.0 Å². The number of benzene rings is 1. The van der Waals surface area contributed by atoms with Gasteiger partial charge in [0.15, 0.2) is 0 Å². The van der Waals surface area contributed by atoms with Gasteiger partial charge < -0.3 is 4.42 Å². The summed E-state index contributed by atoms with van der Waals surface area (Å²) >= 11 is 0. The maximum Gasteiger partial charge on any atom is 0.133 e. The molecule has 0 radical (unpaired) electrons. The molecule has 1 aromatic heterocycles. The van der Waals surface area contributed by atoms with Crippen LogP contribution < -0.4 is 0 Å². The summed E-state index contributed by atoms with van der Waals surface area (Å²) in [4.78, 5) is 5.27. The Morgan fingerprint density at radius 1 is 1.10 bits per heavy atom. The Bertz CT molecular complexity index is 593. The van der Waals surface area contributed by atoms with Gasteiger partial charge in [0.1, 0.15) is 5.76 Å². The van der Waals surface area contributed by atoms with E-state index in [9.17, 15) is 0 Å². The molecule has 0 unspecified atom stereocenters. The van der Waals surface area contributed by atoms with E-state index < -0.39 is 0 Å². The van der Waals surface area contributed by atoms with Crippen molar-refractivity contribution in [3.05, 3.63) is 48.2 Å². The molecule has 0 bridgehead atoms. The number of fused-ring (bicyclic) bond motifs is 1. The van der Waals surface area contributed by atoms with E-state index in [1.54, 1.807) is 6.26 Å². The number of nitrogens with zero attached hydrogens (tertiary/aromatic N) is 2. The van der Waals surface area contributed by atoms with E-state index in [0.717, 1.165) is 18.3 Å².